The molecule has 10 nitrogen and oxygen atoms in total. The normalized spacial score (nSPS) is 14.4. The van der Waals surface area contributed by atoms with Crippen LogP contribution in [-0.2, 0) is 32.7 Å². The van der Waals surface area contributed by atoms with Crippen LogP contribution in [0.15, 0.2) is 36.5 Å². The van der Waals surface area contributed by atoms with Crippen LogP contribution in [-0.4, -0.2) is 86.1 Å². The average Bonchev–Trinajstić information content (AvgIpc) is 3.18. The lowest BCUT2D eigenvalue weighted by atomic mass is 10.0. The number of quaternary nitrogens is 1. The third-order valence-electron chi connectivity index (χ3n) is 10.3. The molecule has 346 valence electrons. The molecule has 0 amide bonds. The lowest BCUT2D eigenvalue weighted by molar-refractivity contribution is -0.870. The minimum absolute atomic E-state index is 0.000996. The Morgan fingerprint density at radius 3 is 1.66 bits per heavy atom. The second-order valence-electron chi connectivity index (χ2n) is 17.3. The zero-order chi connectivity index (χ0) is 43.7. The minimum Gasteiger partial charge on any atom is -0.462 e. The Balaban J connectivity index is 4.47. The molecule has 0 spiro atoms. The third kappa shape index (κ3) is 44.1. The second-order valence-corrected chi connectivity index (χ2v) is 18.8. The summed E-state index contributed by atoms with van der Waals surface area (Å²) in [5.41, 5.74) is 0. The summed E-state index contributed by atoms with van der Waals surface area (Å²) in [6.45, 7) is 4.21. The molecule has 0 fully saturated rings. The Kier molecular flexibility index (Phi) is 39.0. The van der Waals surface area contributed by atoms with Gasteiger partial charge in [0.05, 0.1) is 33.9 Å². The molecule has 0 radical (unpaired) electrons. The van der Waals surface area contributed by atoms with Crippen molar-refractivity contribution in [1.82, 2.24) is 0 Å². The van der Waals surface area contributed by atoms with Crippen LogP contribution in [0.5, 0.6) is 0 Å². The smallest absolute Gasteiger partial charge is 0.462 e. The summed E-state index contributed by atoms with van der Waals surface area (Å²) in [7, 11) is 1.37. The van der Waals surface area contributed by atoms with E-state index in [0.717, 1.165) is 25.7 Å². The summed E-state index contributed by atoms with van der Waals surface area (Å²) in [6.07, 6.45) is 42.2. The Labute approximate surface area is 362 Å². The van der Waals surface area contributed by atoms with Crippen LogP contribution in [0.3, 0.4) is 0 Å². The van der Waals surface area contributed by atoms with Crippen molar-refractivity contribution in [2.45, 2.75) is 212 Å². The summed E-state index contributed by atoms with van der Waals surface area (Å²) < 4.78 is 34.2. The van der Waals surface area contributed by atoms with Crippen LogP contribution in [0.4, 0.5) is 0 Å². The number of allylic oxidation sites excluding steroid dienone is 5. The predicted octanol–water partition coefficient (Wildman–Crippen LogP) is 12.7. The fraction of sp³-hybridized carbons (Fsp3) is 0.833. The standard InChI is InChI=1S/C48H90NO9P/c1-6-8-10-12-14-16-18-20-21-22-23-25-27-29-31-33-35-39-47(51)55-43-46(44-57-59(53,54)56-42-41-49(3,4)5)58-48(52)40-36-38-45(50)37-34-32-30-28-26-24-19-17-15-13-11-9-7-2/h24,26,30,32,34,37,45-46,50H,6-23,25,27-29,31,33,35-36,38-44H2,1-5H3/p+1/b26-24+,32-30+,37-34+/t45?,46-/m1/s1. The molecule has 59 heavy (non-hydrogen) atoms. The van der Waals surface area contributed by atoms with E-state index in [-0.39, 0.29) is 26.1 Å². The Hall–Kier alpha value is -1.81. The minimum atomic E-state index is -4.43. The van der Waals surface area contributed by atoms with E-state index in [0.29, 0.717) is 30.3 Å². The number of aliphatic hydroxyl groups excluding tert-OH is 1. The van der Waals surface area contributed by atoms with E-state index in [1.54, 1.807) is 6.08 Å². The number of rotatable bonds is 43. The molecule has 0 saturated carbocycles. The number of nitrogens with zero attached hydrogens (tertiary/aromatic N) is 1. The fourth-order valence-electron chi connectivity index (χ4n) is 6.49. The number of hydrogen-bond donors (Lipinski definition) is 2. The van der Waals surface area contributed by atoms with Crippen molar-refractivity contribution in [2.75, 3.05) is 47.5 Å². The van der Waals surface area contributed by atoms with Crippen LogP contribution in [0.25, 0.3) is 0 Å². The molecule has 0 rings (SSSR count). The van der Waals surface area contributed by atoms with Gasteiger partial charge in [-0.1, -0.05) is 185 Å². The van der Waals surface area contributed by atoms with Gasteiger partial charge in [-0.2, -0.15) is 0 Å². The van der Waals surface area contributed by atoms with E-state index in [2.05, 4.69) is 26.0 Å². The number of carbonyl (C=O) groups excluding carboxylic acids is 2. The third-order valence-corrected chi connectivity index (χ3v) is 11.3. The Morgan fingerprint density at radius 2 is 1.12 bits per heavy atom. The van der Waals surface area contributed by atoms with Gasteiger partial charge in [-0.25, -0.2) is 4.57 Å². The number of carbonyl (C=O) groups is 2. The summed E-state index contributed by atoms with van der Waals surface area (Å²) in [5, 5.41) is 10.3. The largest absolute Gasteiger partial charge is 0.472 e. The van der Waals surface area contributed by atoms with E-state index in [1.807, 2.05) is 39.4 Å². The number of unbranched alkanes of at least 4 members (excludes halogenated alkanes) is 22. The molecule has 0 aromatic heterocycles. The van der Waals surface area contributed by atoms with Crippen molar-refractivity contribution in [3.63, 3.8) is 0 Å². The average molecular weight is 857 g/mol. The second kappa shape index (κ2) is 40.3. The summed E-state index contributed by atoms with van der Waals surface area (Å²) >= 11 is 0. The van der Waals surface area contributed by atoms with Gasteiger partial charge in [-0.15, -0.1) is 0 Å². The van der Waals surface area contributed by atoms with Crippen LogP contribution >= 0.6 is 7.82 Å². The maximum absolute atomic E-state index is 12.7. The van der Waals surface area contributed by atoms with Crippen molar-refractivity contribution in [3.05, 3.63) is 36.5 Å². The van der Waals surface area contributed by atoms with Gasteiger partial charge in [-0.3, -0.25) is 18.6 Å². The van der Waals surface area contributed by atoms with Gasteiger partial charge < -0.3 is 24.0 Å². The highest BCUT2D eigenvalue weighted by molar-refractivity contribution is 7.47. The van der Waals surface area contributed by atoms with Gasteiger partial charge in [0, 0.05) is 12.8 Å². The Bertz CT molecular complexity index is 1120. The van der Waals surface area contributed by atoms with Crippen LogP contribution < -0.4 is 0 Å². The molecule has 0 aliphatic rings. The highest BCUT2D eigenvalue weighted by Crippen LogP contribution is 2.43. The van der Waals surface area contributed by atoms with Crippen molar-refractivity contribution in [2.24, 2.45) is 0 Å². The van der Waals surface area contributed by atoms with Crippen LogP contribution in [0.2, 0.25) is 0 Å². The lowest BCUT2D eigenvalue weighted by Gasteiger charge is -2.24. The lowest BCUT2D eigenvalue weighted by Crippen LogP contribution is -2.37. The summed E-state index contributed by atoms with van der Waals surface area (Å²) in [5.74, 6) is -0.989. The number of esters is 2. The zero-order valence-electron chi connectivity index (χ0n) is 38.6. The number of phosphoric ester groups is 1. The highest BCUT2D eigenvalue weighted by Gasteiger charge is 2.27. The first-order valence-corrected chi connectivity index (χ1v) is 25.3. The van der Waals surface area contributed by atoms with E-state index >= 15 is 0 Å². The summed E-state index contributed by atoms with van der Waals surface area (Å²) in [4.78, 5) is 35.4. The number of hydrogen-bond acceptors (Lipinski definition) is 8. The monoisotopic (exact) mass is 857 g/mol. The topological polar surface area (TPSA) is 129 Å². The van der Waals surface area contributed by atoms with Crippen molar-refractivity contribution in [3.8, 4) is 0 Å². The molecule has 2 unspecified atom stereocenters. The van der Waals surface area contributed by atoms with E-state index in [4.69, 9.17) is 18.5 Å². The summed E-state index contributed by atoms with van der Waals surface area (Å²) in [6, 6.07) is 0. The molecule has 0 aromatic rings. The number of ether oxygens (including phenoxy) is 2. The van der Waals surface area contributed by atoms with Gasteiger partial charge in [-0.05, 0) is 38.5 Å². The van der Waals surface area contributed by atoms with E-state index in [1.165, 1.54) is 128 Å². The molecule has 2 N–H and O–H groups in total. The molecule has 0 heterocycles. The maximum Gasteiger partial charge on any atom is 0.472 e. The van der Waals surface area contributed by atoms with E-state index < -0.39 is 38.6 Å². The highest BCUT2D eigenvalue weighted by atomic mass is 31.2. The number of likely N-dealkylation sites (N-methyl/N-ethyl adjacent to an activating group) is 1. The molecule has 0 saturated heterocycles. The number of aliphatic hydroxyl groups is 1. The first-order valence-electron chi connectivity index (χ1n) is 23.8. The SMILES string of the molecule is CCCCCCCC/C=C/C/C=C/C=C/C(O)CCCC(=O)O[C@H](COC(=O)CCCCCCCCCCCCCCCCCCC)COP(=O)(O)OCC[N+](C)(C)C. The van der Waals surface area contributed by atoms with Crippen molar-refractivity contribution < 1.29 is 47.2 Å². The maximum atomic E-state index is 12.7. The quantitative estimate of drug-likeness (QED) is 0.0154. The molecule has 0 bridgehead atoms. The van der Waals surface area contributed by atoms with E-state index in [9.17, 15) is 24.2 Å². The molecule has 0 aliphatic carbocycles. The van der Waals surface area contributed by atoms with Gasteiger partial charge in [0.2, 0.25) is 0 Å². The first-order chi connectivity index (χ1) is 28.4. The molecule has 11 heteroatoms. The Morgan fingerprint density at radius 1 is 0.610 bits per heavy atom. The molecule has 3 atom stereocenters. The van der Waals surface area contributed by atoms with Crippen LogP contribution in [0, 0.1) is 0 Å². The molecular weight excluding hydrogens is 766 g/mol. The predicted molar refractivity (Wildman–Crippen MR) is 244 cm³/mol. The van der Waals surface area contributed by atoms with Gasteiger partial charge in [0.1, 0.15) is 19.8 Å². The molecule has 0 aliphatic heterocycles. The van der Waals surface area contributed by atoms with Gasteiger partial charge in [0.25, 0.3) is 0 Å². The van der Waals surface area contributed by atoms with Gasteiger partial charge >= 0.3 is 19.8 Å². The zero-order valence-corrected chi connectivity index (χ0v) is 39.5. The first kappa shape index (κ1) is 57.2. The van der Waals surface area contributed by atoms with Gasteiger partial charge in [0.15, 0.2) is 6.10 Å². The molecule has 0 aromatic carbocycles. The molecular formula is C48H91NO9P+. The van der Waals surface area contributed by atoms with Crippen molar-refractivity contribution >= 4 is 19.8 Å². The van der Waals surface area contributed by atoms with Crippen LogP contribution in [0.1, 0.15) is 200 Å². The number of phosphoric acid groups is 1. The fourth-order valence-corrected chi connectivity index (χ4v) is 7.24. The van der Waals surface area contributed by atoms with Crippen molar-refractivity contribution in [1.29, 1.82) is 0 Å².